The third-order valence-corrected chi connectivity index (χ3v) is 7.74. The van der Waals surface area contributed by atoms with Crippen LogP contribution in [0.1, 0.15) is 51.1 Å². The number of urea groups is 1. The van der Waals surface area contributed by atoms with Crippen LogP contribution >= 0.6 is 0 Å². The predicted molar refractivity (Wildman–Crippen MR) is 121 cm³/mol. The highest BCUT2D eigenvalue weighted by molar-refractivity contribution is 5.82. The zero-order valence-electron chi connectivity index (χ0n) is 18.1. The third-order valence-electron chi connectivity index (χ3n) is 7.74. The molecular formula is C25H29N5O. The van der Waals surface area contributed by atoms with Gasteiger partial charge in [0.25, 0.3) is 0 Å². The number of fused-ring (bicyclic) bond motifs is 3. The number of pyridine rings is 1. The fourth-order valence-electron chi connectivity index (χ4n) is 5.69. The van der Waals surface area contributed by atoms with Gasteiger partial charge in [0, 0.05) is 53.4 Å². The number of para-hydroxylation sites is 1. The minimum atomic E-state index is -0.00255. The molecule has 0 bridgehead atoms. The first-order valence-electron chi connectivity index (χ1n) is 11.5. The molecule has 2 aliphatic heterocycles. The quantitative estimate of drug-likeness (QED) is 0.671. The van der Waals surface area contributed by atoms with E-state index in [9.17, 15) is 4.79 Å². The molecule has 1 aromatic carbocycles. The van der Waals surface area contributed by atoms with Gasteiger partial charge < -0.3 is 10.2 Å². The Morgan fingerprint density at radius 2 is 1.94 bits per heavy atom. The smallest absolute Gasteiger partial charge is 0.317 e. The monoisotopic (exact) mass is 415 g/mol. The number of nitrogens with one attached hydrogen (secondary N) is 1. The molecule has 31 heavy (non-hydrogen) atoms. The zero-order chi connectivity index (χ0) is 21.1. The molecule has 6 nitrogen and oxygen atoms in total. The average molecular weight is 416 g/mol. The highest BCUT2D eigenvalue weighted by Gasteiger charge is 2.46. The summed E-state index contributed by atoms with van der Waals surface area (Å²) >= 11 is 0. The van der Waals surface area contributed by atoms with Crippen LogP contribution in [-0.2, 0) is 12.0 Å². The molecule has 160 valence electrons. The van der Waals surface area contributed by atoms with Crippen molar-refractivity contribution in [1.82, 2.24) is 25.0 Å². The molecule has 1 spiro atoms. The summed E-state index contributed by atoms with van der Waals surface area (Å²) in [5.41, 5.74) is 4.35. The Morgan fingerprint density at radius 3 is 2.77 bits per heavy atom. The second kappa shape index (κ2) is 6.81. The van der Waals surface area contributed by atoms with Crippen LogP contribution in [0.15, 0.2) is 42.6 Å². The van der Waals surface area contributed by atoms with Crippen LogP contribution < -0.4 is 5.32 Å². The molecule has 6 heteroatoms. The summed E-state index contributed by atoms with van der Waals surface area (Å²) in [6.07, 6.45) is 8.56. The Balaban J connectivity index is 1.28. The van der Waals surface area contributed by atoms with Crippen molar-refractivity contribution in [3.05, 3.63) is 48.3 Å². The molecule has 2 amide bonds. The molecule has 1 unspecified atom stereocenters. The van der Waals surface area contributed by atoms with Gasteiger partial charge >= 0.3 is 6.03 Å². The maximum atomic E-state index is 12.9. The second-order valence-electron chi connectivity index (χ2n) is 9.95. The first kappa shape index (κ1) is 18.8. The van der Waals surface area contributed by atoms with E-state index in [-0.39, 0.29) is 17.0 Å². The van der Waals surface area contributed by atoms with Crippen LogP contribution in [0.4, 0.5) is 4.79 Å². The van der Waals surface area contributed by atoms with E-state index in [2.05, 4.69) is 40.1 Å². The highest BCUT2D eigenvalue weighted by atomic mass is 16.2. The van der Waals surface area contributed by atoms with Crippen LogP contribution in [-0.4, -0.2) is 44.3 Å². The van der Waals surface area contributed by atoms with Gasteiger partial charge in [-0.25, -0.2) is 4.79 Å². The number of aryl methyl sites for hydroxylation is 1. The lowest BCUT2D eigenvalue weighted by atomic mass is 9.77. The molecule has 1 N–H and O–H groups in total. The molecule has 1 saturated carbocycles. The minimum Gasteiger partial charge on any atom is -0.333 e. The summed E-state index contributed by atoms with van der Waals surface area (Å²) < 4.78 is 2.18. The Bertz CT molecular complexity index is 1160. The molecule has 3 aromatic rings. The van der Waals surface area contributed by atoms with Crippen LogP contribution in [0.2, 0.25) is 0 Å². The summed E-state index contributed by atoms with van der Waals surface area (Å²) in [6, 6.07) is 12.7. The van der Waals surface area contributed by atoms with E-state index in [0.29, 0.717) is 0 Å². The number of carbonyl (C=O) groups excluding carboxylic acids is 1. The standard InChI is InChI=1S/C25H29N5O/c1-24(8-4-9-24)27-23(31)29-13-11-25(17-29)10-5-12-30-22(25)15-21(28-30)19-14-18-6-2-3-7-20(18)26-16-19/h2-3,6-7,14-16H,4-5,8-13,17H2,1H3,(H,27,31). The number of amides is 2. The molecule has 6 rings (SSSR count). The fourth-order valence-corrected chi connectivity index (χ4v) is 5.69. The van der Waals surface area contributed by atoms with E-state index in [1.165, 1.54) is 12.1 Å². The van der Waals surface area contributed by atoms with Crippen molar-refractivity contribution in [3.63, 3.8) is 0 Å². The van der Waals surface area contributed by atoms with Gasteiger partial charge in [0.2, 0.25) is 0 Å². The number of likely N-dealkylation sites (tertiary alicyclic amines) is 1. The van der Waals surface area contributed by atoms with E-state index >= 15 is 0 Å². The van der Waals surface area contributed by atoms with Gasteiger partial charge in [-0.15, -0.1) is 0 Å². The molecular weight excluding hydrogens is 386 g/mol. The molecule has 1 saturated heterocycles. The van der Waals surface area contributed by atoms with Crippen molar-refractivity contribution in [3.8, 4) is 11.3 Å². The fraction of sp³-hybridized carbons (Fsp3) is 0.480. The van der Waals surface area contributed by atoms with Gasteiger partial charge in [-0.2, -0.15) is 5.10 Å². The van der Waals surface area contributed by atoms with Crippen molar-refractivity contribution in [2.45, 2.75) is 62.9 Å². The van der Waals surface area contributed by atoms with Crippen molar-refractivity contribution >= 4 is 16.9 Å². The van der Waals surface area contributed by atoms with Gasteiger partial charge in [0.1, 0.15) is 0 Å². The molecule has 2 aromatic heterocycles. The van der Waals surface area contributed by atoms with Crippen LogP contribution in [0.5, 0.6) is 0 Å². The van der Waals surface area contributed by atoms with Crippen molar-refractivity contribution in [1.29, 1.82) is 0 Å². The first-order chi connectivity index (χ1) is 15.0. The summed E-state index contributed by atoms with van der Waals surface area (Å²) in [6.45, 7) is 4.72. The SMILES string of the molecule is CC1(NC(=O)N2CCC3(CCCn4nc(-c5cnc6ccccc6c5)cc43)C2)CCC1. The average Bonchev–Trinajstić information content (AvgIpc) is 3.39. The lowest BCUT2D eigenvalue weighted by Gasteiger charge is -2.40. The summed E-state index contributed by atoms with van der Waals surface area (Å²) in [7, 11) is 0. The second-order valence-corrected chi connectivity index (χ2v) is 9.95. The van der Waals surface area contributed by atoms with Gasteiger partial charge in [0.05, 0.1) is 11.2 Å². The Morgan fingerprint density at radius 1 is 1.06 bits per heavy atom. The Labute approximate surface area is 182 Å². The maximum Gasteiger partial charge on any atom is 0.317 e. The van der Waals surface area contributed by atoms with E-state index in [4.69, 9.17) is 5.10 Å². The van der Waals surface area contributed by atoms with Crippen molar-refractivity contribution < 1.29 is 4.79 Å². The summed E-state index contributed by atoms with van der Waals surface area (Å²) in [5, 5.41) is 9.37. The van der Waals surface area contributed by atoms with E-state index < -0.39 is 0 Å². The lowest BCUT2D eigenvalue weighted by molar-refractivity contribution is 0.163. The van der Waals surface area contributed by atoms with Gasteiger partial charge in [-0.05, 0) is 63.6 Å². The predicted octanol–water partition coefficient (Wildman–Crippen LogP) is 4.49. The third kappa shape index (κ3) is 3.11. The summed E-state index contributed by atoms with van der Waals surface area (Å²) in [5.74, 6) is 0. The number of rotatable bonds is 2. The number of hydrogen-bond acceptors (Lipinski definition) is 3. The molecule has 1 atom stereocenters. The molecule has 0 radical (unpaired) electrons. The van der Waals surface area contributed by atoms with E-state index in [1.807, 2.05) is 29.3 Å². The largest absolute Gasteiger partial charge is 0.333 e. The molecule has 1 aliphatic carbocycles. The minimum absolute atomic E-state index is 0.00255. The topological polar surface area (TPSA) is 63.1 Å². The van der Waals surface area contributed by atoms with Crippen molar-refractivity contribution in [2.75, 3.05) is 13.1 Å². The zero-order valence-corrected chi connectivity index (χ0v) is 18.1. The van der Waals surface area contributed by atoms with Crippen LogP contribution in [0, 0.1) is 0 Å². The number of benzene rings is 1. The number of hydrogen-bond donors (Lipinski definition) is 1. The molecule has 3 aliphatic rings. The number of carbonyl (C=O) groups is 1. The van der Waals surface area contributed by atoms with E-state index in [0.717, 1.165) is 73.9 Å². The highest BCUT2D eigenvalue weighted by Crippen LogP contribution is 2.43. The van der Waals surface area contributed by atoms with Crippen molar-refractivity contribution in [2.24, 2.45) is 0 Å². The number of aromatic nitrogens is 3. The Hall–Kier alpha value is -2.89. The first-order valence-corrected chi connectivity index (χ1v) is 11.5. The number of nitrogens with zero attached hydrogens (tertiary/aromatic N) is 4. The van der Waals surface area contributed by atoms with Crippen LogP contribution in [0.3, 0.4) is 0 Å². The lowest BCUT2D eigenvalue weighted by Crippen LogP contribution is -2.55. The Kier molecular flexibility index (Phi) is 4.14. The van der Waals surface area contributed by atoms with Gasteiger partial charge in [0.15, 0.2) is 0 Å². The normalized spacial score (nSPS) is 24.2. The maximum absolute atomic E-state index is 12.9. The summed E-state index contributed by atoms with van der Waals surface area (Å²) in [4.78, 5) is 19.6. The van der Waals surface area contributed by atoms with Gasteiger partial charge in [-0.1, -0.05) is 18.2 Å². The van der Waals surface area contributed by atoms with Gasteiger partial charge in [-0.3, -0.25) is 9.67 Å². The molecule has 2 fully saturated rings. The van der Waals surface area contributed by atoms with Crippen LogP contribution in [0.25, 0.3) is 22.2 Å². The van der Waals surface area contributed by atoms with E-state index in [1.54, 1.807) is 0 Å². The molecule has 4 heterocycles.